The molecule has 0 aliphatic rings. The van der Waals surface area contributed by atoms with Crippen molar-refractivity contribution in [1.29, 1.82) is 5.26 Å². The summed E-state index contributed by atoms with van der Waals surface area (Å²) in [7, 11) is 0. The summed E-state index contributed by atoms with van der Waals surface area (Å²) >= 11 is 0. The average Bonchev–Trinajstić information content (AvgIpc) is 2.72. The number of nitrogens with one attached hydrogen (secondary N) is 1. The van der Waals surface area contributed by atoms with E-state index in [0.717, 1.165) is 5.56 Å². The number of nitriles is 1. The SMILES string of the molecule is N#Cc1ccc(CC(NCC(F)(F)F)(c2cccnc2)c2cccnc2)cc1. The molecular formula is C21H17F3N4. The zero-order valence-electron chi connectivity index (χ0n) is 14.8. The maximum absolute atomic E-state index is 13.1. The van der Waals surface area contributed by atoms with Crippen LogP contribution in [0.1, 0.15) is 22.3 Å². The van der Waals surface area contributed by atoms with Gasteiger partial charge in [0.2, 0.25) is 0 Å². The summed E-state index contributed by atoms with van der Waals surface area (Å²) in [4.78, 5) is 8.21. The first kappa shape index (κ1) is 19.5. The van der Waals surface area contributed by atoms with Gasteiger partial charge in [-0.15, -0.1) is 0 Å². The summed E-state index contributed by atoms with van der Waals surface area (Å²) in [6.45, 7) is -1.17. The second-order valence-corrected chi connectivity index (χ2v) is 6.34. The zero-order chi connectivity index (χ0) is 20.0. The maximum atomic E-state index is 13.1. The van der Waals surface area contributed by atoms with E-state index in [1.165, 1.54) is 0 Å². The van der Waals surface area contributed by atoms with Gasteiger partial charge in [-0.2, -0.15) is 18.4 Å². The van der Waals surface area contributed by atoms with E-state index >= 15 is 0 Å². The monoisotopic (exact) mass is 382 g/mol. The van der Waals surface area contributed by atoms with Crippen LogP contribution < -0.4 is 5.32 Å². The minimum Gasteiger partial charge on any atom is -0.295 e. The van der Waals surface area contributed by atoms with Crippen molar-refractivity contribution in [3.05, 3.63) is 95.6 Å². The predicted molar refractivity (Wildman–Crippen MR) is 98.2 cm³/mol. The van der Waals surface area contributed by atoms with Crippen molar-refractivity contribution in [3.63, 3.8) is 0 Å². The van der Waals surface area contributed by atoms with Gasteiger partial charge in [-0.1, -0.05) is 24.3 Å². The molecule has 7 heteroatoms. The standard InChI is InChI=1S/C21H17F3N4/c22-21(23,24)15-28-20(18-3-1-9-26-13-18,19-4-2-10-27-14-19)11-16-5-7-17(12-25)8-6-16/h1-10,13-14,28H,11,15H2. The van der Waals surface area contributed by atoms with Crippen molar-refractivity contribution in [2.75, 3.05) is 6.54 Å². The predicted octanol–water partition coefficient (Wildman–Crippen LogP) is 3.99. The summed E-state index contributed by atoms with van der Waals surface area (Å²) < 4.78 is 39.4. The largest absolute Gasteiger partial charge is 0.401 e. The minimum atomic E-state index is -4.39. The Hall–Kier alpha value is -3.24. The van der Waals surface area contributed by atoms with Crippen molar-refractivity contribution in [1.82, 2.24) is 15.3 Å². The molecule has 3 rings (SSSR count). The van der Waals surface area contributed by atoms with Gasteiger partial charge in [-0.05, 0) is 47.4 Å². The van der Waals surface area contributed by atoms with E-state index in [1.54, 1.807) is 73.3 Å². The molecule has 0 aliphatic carbocycles. The van der Waals surface area contributed by atoms with Gasteiger partial charge in [-0.3, -0.25) is 15.3 Å². The highest BCUT2D eigenvalue weighted by Gasteiger charge is 2.39. The fourth-order valence-corrected chi connectivity index (χ4v) is 3.12. The van der Waals surface area contributed by atoms with E-state index in [2.05, 4.69) is 15.3 Å². The lowest BCUT2D eigenvalue weighted by molar-refractivity contribution is -0.128. The molecule has 0 bridgehead atoms. The molecule has 0 unspecified atom stereocenters. The molecule has 1 aromatic carbocycles. The molecule has 2 heterocycles. The first-order valence-corrected chi connectivity index (χ1v) is 8.55. The third-order valence-corrected chi connectivity index (χ3v) is 4.45. The molecule has 0 atom stereocenters. The highest BCUT2D eigenvalue weighted by molar-refractivity contribution is 5.40. The van der Waals surface area contributed by atoms with Gasteiger partial charge in [0, 0.05) is 24.8 Å². The molecule has 0 radical (unpaired) electrons. The molecule has 0 aliphatic heterocycles. The van der Waals surface area contributed by atoms with Crippen molar-refractivity contribution >= 4 is 0 Å². The third kappa shape index (κ3) is 4.53. The Balaban J connectivity index is 2.12. The molecule has 0 amide bonds. The summed E-state index contributed by atoms with van der Waals surface area (Å²) in [6.07, 6.45) is 2.10. The molecule has 4 nitrogen and oxygen atoms in total. The van der Waals surface area contributed by atoms with Gasteiger partial charge in [0.15, 0.2) is 0 Å². The fourth-order valence-electron chi connectivity index (χ4n) is 3.12. The summed E-state index contributed by atoms with van der Waals surface area (Å²) in [5.74, 6) is 0. The smallest absolute Gasteiger partial charge is 0.295 e. The van der Waals surface area contributed by atoms with Crippen LogP contribution >= 0.6 is 0 Å². The zero-order valence-corrected chi connectivity index (χ0v) is 14.8. The van der Waals surface area contributed by atoms with E-state index in [4.69, 9.17) is 5.26 Å². The molecule has 2 aromatic heterocycles. The van der Waals surface area contributed by atoms with Crippen molar-refractivity contribution in [2.24, 2.45) is 0 Å². The second kappa shape index (κ2) is 8.19. The highest BCUT2D eigenvalue weighted by atomic mass is 19.4. The van der Waals surface area contributed by atoms with Gasteiger partial charge < -0.3 is 0 Å². The number of halogens is 3. The van der Waals surface area contributed by atoms with Crippen LogP contribution in [0.3, 0.4) is 0 Å². The van der Waals surface area contributed by atoms with E-state index in [1.807, 2.05) is 6.07 Å². The van der Waals surface area contributed by atoms with E-state index < -0.39 is 18.3 Å². The number of aromatic nitrogens is 2. The van der Waals surface area contributed by atoms with Gasteiger partial charge in [0.25, 0.3) is 0 Å². The van der Waals surface area contributed by atoms with Crippen LogP contribution in [0.2, 0.25) is 0 Å². The number of rotatable bonds is 6. The first-order chi connectivity index (χ1) is 13.4. The van der Waals surface area contributed by atoms with Crippen molar-refractivity contribution < 1.29 is 13.2 Å². The molecule has 0 saturated carbocycles. The van der Waals surface area contributed by atoms with Crippen LogP contribution in [0.5, 0.6) is 0 Å². The summed E-state index contributed by atoms with van der Waals surface area (Å²) in [5, 5.41) is 11.7. The Morgan fingerprint density at radius 2 is 1.46 bits per heavy atom. The van der Waals surface area contributed by atoms with Gasteiger partial charge in [0.1, 0.15) is 0 Å². The van der Waals surface area contributed by atoms with Crippen LogP contribution in [0.25, 0.3) is 0 Å². The quantitative estimate of drug-likeness (QED) is 0.700. The van der Waals surface area contributed by atoms with Crippen LogP contribution in [-0.4, -0.2) is 22.7 Å². The molecule has 0 fully saturated rings. The Bertz CT molecular complexity index is 894. The Kier molecular flexibility index (Phi) is 5.71. The van der Waals surface area contributed by atoms with E-state index in [-0.39, 0.29) is 6.42 Å². The number of nitrogens with zero attached hydrogens (tertiary/aromatic N) is 3. The molecule has 142 valence electrons. The Morgan fingerprint density at radius 3 is 1.89 bits per heavy atom. The molecule has 28 heavy (non-hydrogen) atoms. The van der Waals surface area contributed by atoms with Crippen molar-refractivity contribution in [3.8, 4) is 6.07 Å². The molecular weight excluding hydrogens is 365 g/mol. The van der Waals surface area contributed by atoms with Gasteiger partial charge in [0.05, 0.1) is 23.7 Å². The van der Waals surface area contributed by atoms with Crippen molar-refractivity contribution in [2.45, 2.75) is 18.1 Å². The van der Waals surface area contributed by atoms with Crippen LogP contribution in [-0.2, 0) is 12.0 Å². The van der Waals surface area contributed by atoms with Crippen LogP contribution in [0.15, 0.2) is 73.3 Å². The van der Waals surface area contributed by atoms with E-state index in [9.17, 15) is 13.2 Å². The maximum Gasteiger partial charge on any atom is 0.401 e. The molecule has 0 saturated heterocycles. The molecule has 0 spiro atoms. The number of pyridine rings is 2. The summed E-state index contributed by atoms with van der Waals surface area (Å²) in [5.41, 5.74) is 1.27. The van der Waals surface area contributed by atoms with Gasteiger partial charge in [-0.25, -0.2) is 0 Å². The van der Waals surface area contributed by atoms with Crippen LogP contribution in [0.4, 0.5) is 13.2 Å². The second-order valence-electron chi connectivity index (χ2n) is 6.34. The Morgan fingerprint density at radius 1 is 0.893 bits per heavy atom. The topological polar surface area (TPSA) is 61.6 Å². The van der Waals surface area contributed by atoms with Crippen LogP contribution in [0, 0.1) is 11.3 Å². The first-order valence-electron chi connectivity index (χ1n) is 8.55. The summed E-state index contributed by atoms with van der Waals surface area (Å²) in [6, 6.07) is 15.7. The average molecular weight is 382 g/mol. The number of hydrogen-bond donors (Lipinski definition) is 1. The third-order valence-electron chi connectivity index (χ3n) is 4.45. The van der Waals surface area contributed by atoms with E-state index in [0.29, 0.717) is 16.7 Å². The van der Waals surface area contributed by atoms with Gasteiger partial charge >= 0.3 is 6.18 Å². The fraction of sp³-hybridized carbons (Fsp3) is 0.190. The normalized spacial score (nSPS) is 11.8. The molecule has 3 aromatic rings. The highest BCUT2D eigenvalue weighted by Crippen LogP contribution is 2.34. The minimum absolute atomic E-state index is 0.228. The lowest BCUT2D eigenvalue weighted by Crippen LogP contribution is -2.49. The Labute approximate surface area is 160 Å². The number of hydrogen-bond acceptors (Lipinski definition) is 4. The lowest BCUT2D eigenvalue weighted by Gasteiger charge is -2.36. The number of alkyl halides is 3. The number of benzene rings is 1. The molecule has 1 N–H and O–H groups in total. The lowest BCUT2D eigenvalue weighted by atomic mass is 9.79.